The van der Waals surface area contributed by atoms with Gasteiger partial charge in [0.25, 0.3) is 0 Å². The lowest BCUT2D eigenvalue weighted by atomic mass is 9.91. The van der Waals surface area contributed by atoms with Gasteiger partial charge in [-0.2, -0.15) is 0 Å². The van der Waals surface area contributed by atoms with E-state index in [4.69, 9.17) is 27.3 Å². The van der Waals surface area contributed by atoms with Crippen molar-refractivity contribution in [1.29, 1.82) is 0 Å². The van der Waals surface area contributed by atoms with Crippen LogP contribution in [0.15, 0.2) is 65.8 Å². The standard InChI is InChI=1S/C28H29ClN2O4/c1-17-7-8-21(13-18(17)2)15-25(22-5-4-6-23(29)16-22)28(33)35-26(32)12-10-20-9-11-24(19(3)14-20)27(30)31-34/h4-9,11,13-14,16,25,34H,10,12,15H2,1-3H3,(H2,30,31). The van der Waals surface area contributed by atoms with Gasteiger partial charge in [0.2, 0.25) is 0 Å². The van der Waals surface area contributed by atoms with E-state index in [0.29, 0.717) is 29.0 Å². The van der Waals surface area contributed by atoms with Gasteiger partial charge < -0.3 is 15.7 Å². The molecule has 0 heterocycles. The third kappa shape index (κ3) is 6.93. The molecule has 0 aromatic heterocycles. The highest BCUT2D eigenvalue weighted by Crippen LogP contribution is 2.26. The maximum absolute atomic E-state index is 13.1. The minimum atomic E-state index is -0.665. The average Bonchev–Trinajstić information content (AvgIpc) is 2.83. The Balaban J connectivity index is 1.71. The van der Waals surface area contributed by atoms with E-state index >= 15 is 0 Å². The molecule has 1 atom stereocenters. The van der Waals surface area contributed by atoms with Gasteiger partial charge in [-0.15, -0.1) is 0 Å². The van der Waals surface area contributed by atoms with Crippen molar-refractivity contribution in [3.63, 3.8) is 0 Å². The number of benzene rings is 3. The monoisotopic (exact) mass is 492 g/mol. The highest BCUT2D eigenvalue weighted by atomic mass is 35.5. The molecule has 0 aliphatic heterocycles. The van der Waals surface area contributed by atoms with Crippen molar-refractivity contribution in [2.75, 3.05) is 0 Å². The van der Waals surface area contributed by atoms with E-state index in [-0.39, 0.29) is 12.3 Å². The Kier molecular flexibility index (Phi) is 8.66. The van der Waals surface area contributed by atoms with Crippen LogP contribution in [0.3, 0.4) is 0 Å². The van der Waals surface area contributed by atoms with Crippen LogP contribution in [0.4, 0.5) is 0 Å². The molecule has 3 N–H and O–H groups in total. The number of carbonyl (C=O) groups is 2. The van der Waals surface area contributed by atoms with Crippen molar-refractivity contribution in [3.05, 3.63) is 105 Å². The maximum Gasteiger partial charge on any atom is 0.321 e. The van der Waals surface area contributed by atoms with Gasteiger partial charge in [0, 0.05) is 10.6 Å². The van der Waals surface area contributed by atoms with Crippen LogP contribution in [0.25, 0.3) is 0 Å². The van der Waals surface area contributed by atoms with E-state index in [1.54, 1.807) is 30.3 Å². The predicted molar refractivity (Wildman–Crippen MR) is 137 cm³/mol. The first-order chi connectivity index (χ1) is 16.7. The van der Waals surface area contributed by atoms with Crippen LogP contribution >= 0.6 is 11.6 Å². The molecule has 0 saturated heterocycles. The fourth-order valence-corrected chi connectivity index (χ4v) is 4.13. The van der Waals surface area contributed by atoms with E-state index in [9.17, 15) is 9.59 Å². The Bertz CT molecular complexity index is 1270. The summed E-state index contributed by atoms with van der Waals surface area (Å²) in [6.07, 6.45) is 0.824. The van der Waals surface area contributed by atoms with E-state index in [0.717, 1.165) is 22.3 Å². The number of nitrogens with two attached hydrogens (primary N) is 1. The maximum atomic E-state index is 13.1. The molecule has 35 heavy (non-hydrogen) atoms. The SMILES string of the molecule is Cc1ccc(CC(C(=O)OC(=O)CCc2ccc(C(N)=NO)c(C)c2)c2cccc(Cl)c2)cc1C. The number of nitrogens with zero attached hydrogens (tertiary/aromatic N) is 1. The van der Waals surface area contributed by atoms with Gasteiger partial charge in [0.1, 0.15) is 0 Å². The number of carbonyl (C=O) groups excluding carboxylic acids is 2. The summed E-state index contributed by atoms with van der Waals surface area (Å²) >= 11 is 6.17. The van der Waals surface area contributed by atoms with Crippen molar-refractivity contribution in [3.8, 4) is 0 Å². The van der Waals surface area contributed by atoms with Crippen LogP contribution in [0.2, 0.25) is 5.02 Å². The first-order valence-corrected chi connectivity index (χ1v) is 11.7. The molecule has 1 unspecified atom stereocenters. The number of hydrogen-bond donors (Lipinski definition) is 2. The molecule has 3 rings (SSSR count). The average molecular weight is 493 g/mol. The first-order valence-electron chi connectivity index (χ1n) is 11.3. The van der Waals surface area contributed by atoms with Crippen molar-refractivity contribution in [2.45, 2.75) is 46.0 Å². The van der Waals surface area contributed by atoms with Crippen LogP contribution in [-0.2, 0) is 27.2 Å². The summed E-state index contributed by atoms with van der Waals surface area (Å²) in [5, 5.41) is 12.4. The fourth-order valence-electron chi connectivity index (χ4n) is 3.93. The smallest absolute Gasteiger partial charge is 0.321 e. The molecular weight excluding hydrogens is 464 g/mol. The number of amidine groups is 1. The van der Waals surface area contributed by atoms with E-state index in [2.05, 4.69) is 5.16 Å². The summed E-state index contributed by atoms with van der Waals surface area (Å²) < 4.78 is 5.27. The lowest BCUT2D eigenvalue weighted by molar-refractivity contribution is -0.160. The number of hydrogen-bond acceptors (Lipinski definition) is 5. The molecule has 0 fully saturated rings. The third-order valence-corrected chi connectivity index (χ3v) is 6.29. The van der Waals surface area contributed by atoms with Crippen LogP contribution in [0.1, 0.15) is 51.3 Å². The van der Waals surface area contributed by atoms with Gasteiger partial charge in [-0.1, -0.05) is 65.3 Å². The van der Waals surface area contributed by atoms with E-state index in [1.165, 1.54) is 5.56 Å². The van der Waals surface area contributed by atoms with Crippen LogP contribution in [-0.4, -0.2) is 23.0 Å². The predicted octanol–water partition coefficient (Wildman–Crippen LogP) is 5.39. The van der Waals surface area contributed by atoms with Gasteiger partial charge in [0.05, 0.1) is 12.3 Å². The molecule has 0 amide bonds. The molecule has 182 valence electrons. The van der Waals surface area contributed by atoms with Crippen LogP contribution in [0, 0.1) is 20.8 Å². The molecule has 6 nitrogen and oxygen atoms in total. The number of rotatable bonds is 8. The Labute approximate surface area is 210 Å². The summed E-state index contributed by atoms with van der Waals surface area (Å²) in [6.45, 7) is 5.89. The largest absolute Gasteiger partial charge is 0.409 e. The lowest BCUT2D eigenvalue weighted by Gasteiger charge is -2.17. The lowest BCUT2D eigenvalue weighted by Crippen LogP contribution is -2.22. The second-order valence-electron chi connectivity index (χ2n) is 8.66. The highest BCUT2D eigenvalue weighted by molar-refractivity contribution is 6.30. The van der Waals surface area contributed by atoms with Crippen LogP contribution < -0.4 is 5.73 Å². The molecular formula is C28H29ClN2O4. The molecule has 3 aromatic rings. The van der Waals surface area contributed by atoms with Crippen molar-refractivity contribution >= 4 is 29.4 Å². The van der Waals surface area contributed by atoms with E-state index in [1.807, 2.05) is 51.1 Å². The van der Waals surface area contributed by atoms with Crippen LogP contribution in [0.5, 0.6) is 0 Å². The second kappa shape index (κ2) is 11.7. The molecule has 0 bridgehead atoms. The van der Waals surface area contributed by atoms with Gasteiger partial charge in [0.15, 0.2) is 5.84 Å². The zero-order valence-electron chi connectivity index (χ0n) is 20.0. The minimum Gasteiger partial charge on any atom is -0.409 e. The van der Waals surface area contributed by atoms with E-state index < -0.39 is 17.9 Å². The topological polar surface area (TPSA) is 102 Å². The highest BCUT2D eigenvalue weighted by Gasteiger charge is 2.25. The zero-order chi connectivity index (χ0) is 25.5. The molecule has 0 radical (unpaired) electrons. The molecule has 3 aromatic carbocycles. The van der Waals surface area contributed by atoms with Gasteiger partial charge in [-0.05, 0) is 79.1 Å². The second-order valence-corrected chi connectivity index (χ2v) is 9.09. The molecule has 7 heteroatoms. The summed E-state index contributed by atoms with van der Waals surface area (Å²) in [4.78, 5) is 25.6. The van der Waals surface area contributed by atoms with Gasteiger partial charge in [-0.3, -0.25) is 9.59 Å². The normalized spacial score (nSPS) is 12.3. The molecule has 0 spiro atoms. The Morgan fingerprint density at radius 3 is 2.34 bits per heavy atom. The van der Waals surface area contributed by atoms with Crippen molar-refractivity contribution < 1.29 is 19.5 Å². The number of oxime groups is 1. The summed E-state index contributed by atoms with van der Waals surface area (Å²) in [5.74, 6) is -1.84. The number of halogens is 1. The Morgan fingerprint density at radius 1 is 0.971 bits per heavy atom. The van der Waals surface area contributed by atoms with Crippen molar-refractivity contribution in [2.24, 2.45) is 10.9 Å². The van der Waals surface area contributed by atoms with Gasteiger partial charge in [-0.25, -0.2) is 0 Å². The minimum absolute atomic E-state index is 0.0230. The molecule has 0 aliphatic rings. The fraction of sp³-hybridized carbons (Fsp3) is 0.250. The summed E-state index contributed by atoms with van der Waals surface area (Å²) in [7, 11) is 0. The number of ether oxygens (including phenoxy) is 1. The van der Waals surface area contributed by atoms with Gasteiger partial charge >= 0.3 is 11.9 Å². The van der Waals surface area contributed by atoms with Crippen molar-refractivity contribution in [1.82, 2.24) is 0 Å². The summed E-state index contributed by atoms with van der Waals surface area (Å²) in [5.41, 5.74) is 11.9. The zero-order valence-corrected chi connectivity index (χ0v) is 20.8. The number of esters is 2. The number of aryl methyl sites for hydroxylation is 4. The third-order valence-electron chi connectivity index (χ3n) is 6.05. The molecule has 0 aliphatic carbocycles. The first kappa shape index (κ1) is 26.0. The quantitative estimate of drug-likeness (QED) is 0.110. The molecule has 0 saturated carbocycles. The summed E-state index contributed by atoms with van der Waals surface area (Å²) in [6, 6.07) is 18.5. The Hall–Kier alpha value is -3.64. The Morgan fingerprint density at radius 2 is 1.69 bits per heavy atom.